The van der Waals surface area contributed by atoms with Gasteiger partial charge in [-0.15, -0.1) is 0 Å². The predicted octanol–water partition coefficient (Wildman–Crippen LogP) is 4.84. The molecule has 1 aromatic rings. The first-order chi connectivity index (χ1) is 9.04. The van der Waals surface area contributed by atoms with Gasteiger partial charge in [0.1, 0.15) is 0 Å². The molecule has 0 heterocycles. The molecule has 0 aliphatic rings. The molecule has 0 aliphatic heterocycles. The SMILES string of the molecule is CCCC(C)C(=O)Nc1c(CC)ccc(Cl)c1CC. The minimum absolute atomic E-state index is 0.0402. The first-order valence-corrected chi connectivity index (χ1v) is 7.53. The van der Waals surface area contributed by atoms with E-state index in [0.29, 0.717) is 0 Å². The van der Waals surface area contributed by atoms with Crippen LogP contribution in [0.1, 0.15) is 51.7 Å². The van der Waals surface area contributed by atoms with Crippen molar-refractivity contribution >= 4 is 23.2 Å². The normalized spacial score (nSPS) is 12.3. The lowest BCUT2D eigenvalue weighted by Gasteiger charge is -2.18. The summed E-state index contributed by atoms with van der Waals surface area (Å²) < 4.78 is 0. The molecule has 19 heavy (non-hydrogen) atoms. The summed E-state index contributed by atoms with van der Waals surface area (Å²) in [4.78, 5) is 12.2. The smallest absolute Gasteiger partial charge is 0.227 e. The fraction of sp³-hybridized carbons (Fsp3) is 0.562. The Bertz CT molecular complexity index is 443. The summed E-state index contributed by atoms with van der Waals surface area (Å²) in [6.07, 6.45) is 3.65. The Balaban J connectivity index is 3.04. The molecule has 0 fully saturated rings. The molecule has 1 atom stereocenters. The Hall–Kier alpha value is -1.02. The molecule has 0 saturated heterocycles. The van der Waals surface area contributed by atoms with Gasteiger partial charge in [0.15, 0.2) is 0 Å². The predicted molar refractivity (Wildman–Crippen MR) is 82.9 cm³/mol. The average molecular weight is 282 g/mol. The summed E-state index contributed by atoms with van der Waals surface area (Å²) in [5.74, 6) is 0.131. The van der Waals surface area contributed by atoms with Crippen LogP contribution in [0.2, 0.25) is 5.02 Å². The van der Waals surface area contributed by atoms with Crippen LogP contribution in [0.5, 0.6) is 0 Å². The van der Waals surface area contributed by atoms with Gasteiger partial charge < -0.3 is 5.32 Å². The van der Waals surface area contributed by atoms with E-state index in [1.54, 1.807) is 0 Å². The van der Waals surface area contributed by atoms with Crippen molar-refractivity contribution < 1.29 is 4.79 Å². The first-order valence-electron chi connectivity index (χ1n) is 7.16. The summed E-state index contributed by atoms with van der Waals surface area (Å²) in [6.45, 7) is 8.22. The lowest BCUT2D eigenvalue weighted by atomic mass is 10.0. The van der Waals surface area contributed by atoms with Gasteiger partial charge in [-0.1, -0.05) is 51.8 Å². The Morgan fingerprint density at radius 1 is 1.26 bits per heavy atom. The second-order valence-electron chi connectivity index (χ2n) is 4.95. The highest BCUT2D eigenvalue weighted by molar-refractivity contribution is 6.32. The summed E-state index contributed by atoms with van der Waals surface area (Å²) in [6, 6.07) is 3.92. The van der Waals surface area contributed by atoms with Crippen LogP contribution in [0.3, 0.4) is 0 Å². The van der Waals surface area contributed by atoms with E-state index in [4.69, 9.17) is 11.6 Å². The number of amides is 1. The van der Waals surface area contributed by atoms with Crippen LogP contribution < -0.4 is 5.32 Å². The van der Waals surface area contributed by atoms with Gasteiger partial charge in [-0.25, -0.2) is 0 Å². The second-order valence-corrected chi connectivity index (χ2v) is 5.35. The molecule has 0 aliphatic carbocycles. The standard InChI is InChI=1S/C16H24ClNO/c1-5-8-11(4)16(19)18-15-12(6-2)9-10-14(17)13(15)7-3/h9-11H,5-8H2,1-4H3,(H,18,19). The van der Waals surface area contributed by atoms with Crippen molar-refractivity contribution in [1.82, 2.24) is 0 Å². The van der Waals surface area contributed by atoms with Crippen LogP contribution >= 0.6 is 11.6 Å². The number of rotatable bonds is 6. The Labute approximate surface area is 121 Å². The van der Waals surface area contributed by atoms with E-state index in [1.165, 1.54) is 0 Å². The Morgan fingerprint density at radius 2 is 1.95 bits per heavy atom. The number of benzene rings is 1. The van der Waals surface area contributed by atoms with Crippen LogP contribution in [-0.4, -0.2) is 5.91 Å². The third-order valence-electron chi connectivity index (χ3n) is 3.49. The zero-order valence-electron chi connectivity index (χ0n) is 12.3. The van der Waals surface area contributed by atoms with Crippen molar-refractivity contribution in [2.24, 2.45) is 5.92 Å². The van der Waals surface area contributed by atoms with Crippen LogP contribution in [0, 0.1) is 5.92 Å². The van der Waals surface area contributed by atoms with Crippen molar-refractivity contribution in [2.45, 2.75) is 53.4 Å². The third-order valence-corrected chi connectivity index (χ3v) is 3.85. The molecular weight excluding hydrogens is 258 g/mol. The molecule has 0 radical (unpaired) electrons. The molecule has 1 aromatic carbocycles. The van der Waals surface area contributed by atoms with Gasteiger partial charge in [0.25, 0.3) is 0 Å². The Kier molecular flexibility index (Phi) is 6.36. The molecule has 106 valence electrons. The van der Waals surface area contributed by atoms with E-state index < -0.39 is 0 Å². The number of hydrogen-bond acceptors (Lipinski definition) is 1. The van der Waals surface area contributed by atoms with Crippen molar-refractivity contribution in [3.8, 4) is 0 Å². The molecule has 2 nitrogen and oxygen atoms in total. The molecule has 0 saturated carbocycles. The van der Waals surface area contributed by atoms with Crippen LogP contribution in [0.25, 0.3) is 0 Å². The third kappa shape index (κ3) is 3.97. The van der Waals surface area contributed by atoms with E-state index in [1.807, 2.05) is 19.1 Å². The van der Waals surface area contributed by atoms with Crippen molar-refractivity contribution in [3.63, 3.8) is 0 Å². The van der Waals surface area contributed by atoms with E-state index in [9.17, 15) is 4.79 Å². The molecule has 0 spiro atoms. The molecule has 0 aromatic heterocycles. The molecular formula is C16H24ClNO. The molecule has 1 rings (SSSR count). The van der Waals surface area contributed by atoms with Crippen molar-refractivity contribution in [1.29, 1.82) is 0 Å². The number of halogens is 1. The van der Waals surface area contributed by atoms with E-state index in [0.717, 1.165) is 47.5 Å². The number of carbonyl (C=O) groups excluding carboxylic acids is 1. The van der Waals surface area contributed by atoms with Crippen LogP contribution in [-0.2, 0) is 17.6 Å². The molecule has 1 unspecified atom stereocenters. The number of carbonyl (C=O) groups is 1. The highest BCUT2D eigenvalue weighted by atomic mass is 35.5. The maximum atomic E-state index is 12.2. The van der Waals surface area contributed by atoms with Gasteiger partial charge in [0.05, 0.1) is 0 Å². The lowest BCUT2D eigenvalue weighted by molar-refractivity contribution is -0.119. The van der Waals surface area contributed by atoms with E-state index in [2.05, 4.69) is 26.1 Å². The monoisotopic (exact) mass is 281 g/mol. The Morgan fingerprint density at radius 3 is 2.47 bits per heavy atom. The maximum Gasteiger partial charge on any atom is 0.227 e. The lowest BCUT2D eigenvalue weighted by Crippen LogP contribution is -2.22. The van der Waals surface area contributed by atoms with Gasteiger partial charge in [0.2, 0.25) is 5.91 Å². The summed E-state index contributed by atoms with van der Waals surface area (Å²) >= 11 is 6.23. The number of nitrogens with one attached hydrogen (secondary N) is 1. The maximum absolute atomic E-state index is 12.2. The summed E-state index contributed by atoms with van der Waals surface area (Å²) in [5.41, 5.74) is 3.11. The highest BCUT2D eigenvalue weighted by Crippen LogP contribution is 2.30. The van der Waals surface area contributed by atoms with Crippen molar-refractivity contribution in [3.05, 3.63) is 28.3 Å². The zero-order chi connectivity index (χ0) is 14.4. The molecule has 0 bridgehead atoms. The van der Waals surface area contributed by atoms with Gasteiger partial charge in [-0.3, -0.25) is 4.79 Å². The number of anilines is 1. The minimum Gasteiger partial charge on any atom is -0.325 e. The fourth-order valence-corrected chi connectivity index (χ4v) is 2.57. The van der Waals surface area contributed by atoms with Gasteiger partial charge in [-0.2, -0.15) is 0 Å². The van der Waals surface area contributed by atoms with Crippen LogP contribution in [0.4, 0.5) is 5.69 Å². The second kappa shape index (κ2) is 7.54. The molecule has 1 N–H and O–H groups in total. The minimum atomic E-state index is 0.0402. The average Bonchev–Trinajstić information content (AvgIpc) is 2.39. The molecule has 1 amide bonds. The largest absolute Gasteiger partial charge is 0.325 e. The van der Waals surface area contributed by atoms with Gasteiger partial charge in [-0.05, 0) is 36.5 Å². The zero-order valence-corrected chi connectivity index (χ0v) is 13.1. The van der Waals surface area contributed by atoms with E-state index in [-0.39, 0.29) is 11.8 Å². The summed E-state index contributed by atoms with van der Waals surface area (Å²) in [7, 11) is 0. The number of aryl methyl sites for hydroxylation is 1. The topological polar surface area (TPSA) is 29.1 Å². The summed E-state index contributed by atoms with van der Waals surface area (Å²) in [5, 5.41) is 3.82. The number of hydrogen-bond donors (Lipinski definition) is 1. The van der Waals surface area contributed by atoms with Crippen molar-refractivity contribution in [2.75, 3.05) is 5.32 Å². The highest BCUT2D eigenvalue weighted by Gasteiger charge is 2.16. The quantitative estimate of drug-likeness (QED) is 0.794. The first kappa shape index (κ1) is 16.0. The van der Waals surface area contributed by atoms with Gasteiger partial charge >= 0.3 is 0 Å². The molecule has 3 heteroatoms. The fourth-order valence-electron chi connectivity index (χ4n) is 2.28. The van der Waals surface area contributed by atoms with Gasteiger partial charge in [0, 0.05) is 16.6 Å². The van der Waals surface area contributed by atoms with Crippen LogP contribution in [0.15, 0.2) is 12.1 Å². The van der Waals surface area contributed by atoms with E-state index >= 15 is 0 Å².